The summed E-state index contributed by atoms with van der Waals surface area (Å²) in [6.07, 6.45) is 3.48. The van der Waals surface area contributed by atoms with E-state index in [1.807, 2.05) is 17.9 Å². The summed E-state index contributed by atoms with van der Waals surface area (Å²) in [4.78, 5) is 18.6. The first-order valence-electron chi connectivity index (χ1n) is 8.98. The number of fused-ring (bicyclic) bond motifs is 1. The first-order valence-corrected chi connectivity index (χ1v) is 8.98. The van der Waals surface area contributed by atoms with E-state index in [-0.39, 0.29) is 17.9 Å². The van der Waals surface area contributed by atoms with Crippen LogP contribution in [0.3, 0.4) is 0 Å². The van der Waals surface area contributed by atoms with E-state index < -0.39 is 0 Å². The average molecular weight is 368 g/mol. The molecule has 4 rings (SSSR count). The number of hydrogen-bond acceptors (Lipinski definition) is 4. The highest BCUT2D eigenvalue weighted by molar-refractivity contribution is 5.89. The van der Waals surface area contributed by atoms with Crippen LogP contribution in [0.15, 0.2) is 42.6 Å². The van der Waals surface area contributed by atoms with Gasteiger partial charge in [0.05, 0.1) is 17.6 Å². The molecule has 1 unspecified atom stereocenters. The molecule has 0 spiro atoms. The van der Waals surface area contributed by atoms with Crippen LogP contribution in [0, 0.1) is 12.7 Å². The monoisotopic (exact) mass is 368 g/mol. The second kappa shape index (κ2) is 7.22. The van der Waals surface area contributed by atoms with Crippen molar-refractivity contribution < 1.29 is 9.18 Å². The number of nitrogens with zero attached hydrogens (tertiary/aromatic N) is 4. The van der Waals surface area contributed by atoms with Gasteiger partial charge in [-0.25, -0.2) is 18.7 Å². The number of nitrogens with one attached hydrogen (secondary N) is 2. The highest BCUT2D eigenvalue weighted by Crippen LogP contribution is 2.23. The minimum absolute atomic E-state index is 0.0456. The van der Waals surface area contributed by atoms with E-state index in [9.17, 15) is 9.18 Å². The standard InChI is InChI=1S/C19H21FN6O/c1-13-21-18-9-8-15(12-26(18)24-13)23-19(27)22-14-5-4-10-25(11-14)17-7-3-2-6-16(17)20/h2-3,6-9,12,14H,4-5,10-11H2,1H3,(H2,22,23,27). The van der Waals surface area contributed by atoms with Crippen molar-refractivity contribution in [1.82, 2.24) is 19.9 Å². The molecule has 1 atom stereocenters. The Morgan fingerprint density at radius 2 is 2.11 bits per heavy atom. The van der Waals surface area contributed by atoms with Gasteiger partial charge in [-0.3, -0.25) is 0 Å². The maximum Gasteiger partial charge on any atom is 0.319 e. The quantitative estimate of drug-likeness (QED) is 0.745. The van der Waals surface area contributed by atoms with E-state index in [1.165, 1.54) is 6.07 Å². The number of aryl methyl sites for hydroxylation is 1. The molecule has 1 aliphatic heterocycles. The molecule has 1 saturated heterocycles. The average Bonchev–Trinajstić information content (AvgIpc) is 3.01. The summed E-state index contributed by atoms with van der Waals surface area (Å²) in [5, 5.41) is 10.0. The summed E-state index contributed by atoms with van der Waals surface area (Å²) in [5.74, 6) is 0.436. The summed E-state index contributed by atoms with van der Waals surface area (Å²) in [7, 11) is 0. The lowest BCUT2D eigenvalue weighted by Gasteiger charge is -2.34. The Morgan fingerprint density at radius 3 is 2.96 bits per heavy atom. The normalized spacial score (nSPS) is 17.1. The van der Waals surface area contributed by atoms with Crippen LogP contribution in [0.25, 0.3) is 5.65 Å². The molecular formula is C19H21FN6O. The van der Waals surface area contributed by atoms with Gasteiger partial charge >= 0.3 is 6.03 Å². The number of halogens is 1. The molecule has 0 radical (unpaired) electrons. The maximum atomic E-state index is 14.0. The fourth-order valence-electron chi connectivity index (χ4n) is 3.44. The number of pyridine rings is 1. The number of benzene rings is 1. The zero-order valence-corrected chi connectivity index (χ0v) is 15.0. The molecule has 3 aromatic rings. The molecule has 8 heteroatoms. The lowest BCUT2D eigenvalue weighted by Crippen LogP contribution is -2.49. The van der Waals surface area contributed by atoms with Crippen LogP contribution in [-0.4, -0.2) is 39.8 Å². The Hall–Kier alpha value is -3.16. The molecule has 140 valence electrons. The molecule has 1 aliphatic rings. The number of aromatic nitrogens is 3. The Balaban J connectivity index is 1.39. The molecule has 3 heterocycles. The van der Waals surface area contributed by atoms with Crippen molar-refractivity contribution in [1.29, 1.82) is 0 Å². The Kier molecular flexibility index (Phi) is 4.62. The third-order valence-electron chi connectivity index (χ3n) is 4.64. The number of piperidine rings is 1. The van der Waals surface area contributed by atoms with Crippen molar-refractivity contribution in [3.63, 3.8) is 0 Å². The van der Waals surface area contributed by atoms with Crippen molar-refractivity contribution >= 4 is 23.1 Å². The molecule has 0 bridgehead atoms. The Morgan fingerprint density at radius 1 is 1.26 bits per heavy atom. The van der Waals surface area contributed by atoms with Gasteiger partial charge in [0.25, 0.3) is 0 Å². The molecule has 0 saturated carbocycles. The smallest absolute Gasteiger partial charge is 0.319 e. The van der Waals surface area contributed by atoms with Gasteiger partial charge < -0.3 is 15.5 Å². The number of para-hydroxylation sites is 1. The van der Waals surface area contributed by atoms with Gasteiger partial charge in [-0.15, -0.1) is 0 Å². The number of carbonyl (C=O) groups is 1. The van der Waals surface area contributed by atoms with Gasteiger partial charge in [0.1, 0.15) is 11.6 Å². The van der Waals surface area contributed by atoms with Gasteiger partial charge in [-0.2, -0.15) is 5.10 Å². The summed E-state index contributed by atoms with van der Waals surface area (Å²) in [6, 6.07) is 9.99. The molecule has 1 fully saturated rings. The predicted molar refractivity (Wildman–Crippen MR) is 102 cm³/mol. The molecule has 2 N–H and O–H groups in total. The van der Waals surface area contributed by atoms with E-state index in [0.29, 0.717) is 23.7 Å². The van der Waals surface area contributed by atoms with Crippen LogP contribution in [0.1, 0.15) is 18.7 Å². The zero-order chi connectivity index (χ0) is 18.8. The van der Waals surface area contributed by atoms with Crippen LogP contribution >= 0.6 is 0 Å². The maximum absolute atomic E-state index is 14.0. The minimum Gasteiger partial charge on any atom is -0.367 e. The first-order chi connectivity index (χ1) is 13.1. The van der Waals surface area contributed by atoms with Crippen molar-refractivity contribution in [3.05, 3.63) is 54.2 Å². The van der Waals surface area contributed by atoms with Crippen molar-refractivity contribution in [2.75, 3.05) is 23.3 Å². The molecular weight excluding hydrogens is 347 g/mol. The summed E-state index contributed by atoms with van der Waals surface area (Å²) >= 11 is 0. The first kappa shape index (κ1) is 17.3. The predicted octanol–water partition coefficient (Wildman–Crippen LogP) is 2.97. The number of rotatable bonds is 3. The van der Waals surface area contributed by atoms with Gasteiger partial charge in [0.2, 0.25) is 0 Å². The lowest BCUT2D eigenvalue weighted by atomic mass is 10.0. The fraction of sp³-hybridized carbons (Fsp3) is 0.316. The van der Waals surface area contributed by atoms with Gasteiger partial charge in [-0.1, -0.05) is 12.1 Å². The van der Waals surface area contributed by atoms with E-state index >= 15 is 0 Å². The number of amides is 2. The Labute approximate surface area is 156 Å². The highest BCUT2D eigenvalue weighted by Gasteiger charge is 2.23. The lowest BCUT2D eigenvalue weighted by molar-refractivity contribution is 0.246. The number of urea groups is 1. The van der Waals surface area contributed by atoms with E-state index in [2.05, 4.69) is 20.7 Å². The topological polar surface area (TPSA) is 74.6 Å². The Bertz CT molecular complexity index is 972. The van der Waals surface area contributed by atoms with Crippen LogP contribution in [-0.2, 0) is 0 Å². The molecule has 0 aliphatic carbocycles. The van der Waals surface area contributed by atoms with Crippen molar-refractivity contribution in [3.8, 4) is 0 Å². The number of hydrogen-bond donors (Lipinski definition) is 2. The van der Waals surface area contributed by atoms with E-state index in [4.69, 9.17) is 0 Å². The van der Waals surface area contributed by atoms with Gasteiger partial charge in [-0.05, 0) is 44.0 Å². The third-order valence-corrected chi connectivity index (χ3v) is 4.64. The minimum atomic E-state index is -0.286. The van der Waals surface area contributed by atoms with Crippen LogP contribution in [0.5, 0.6) is 0 Å². The van der Waals surface area contributed by atoms with E-state index in [0.717, 1.165) is 25.0 Å². The molecule has 7 nitrogen and oxygen atoms in total. The largest absolute Gasteiger partial charge is 0.367 e. The third kappa shape index (κ3) is 3.84. The molecule has 2 amide bonds. The van der Waals surface area contributed by atoms with E-state index in [1.54, 1.807) is 35.0 Å². The SMILES string of the molecule is Cc1nc2ccc(NC(=O)NC3CCCN(c4ccccc4F)C3)cn2n1. The van der Waals surface area contributed by atoms with Crippen LogP contribution < -0.4 is 15.5 Å². The summed E-state index contributed by atoms with van der Waals surface area (Å²) < 4.78 is 15.7. The number of carbonyl (C=O) groups excluding carboxylic acids is 1. The molecule has 27 heavy (non-hydrogen) atoms. The second-order valence-corrected chi connectivity index (χ2v) is 6.71. The number of anilines is 2. The van der Waals surface area contributed by atoms with Crippen molar-refractivity contribution in [2.24, 2.45) is 0 Å². The summed E-state index contributed by atoms with van der Waals surface area (Å²) in [5.41, 5.74) is 1.94. The molecule has 1 aromatic carbocycles. The van der Waals surface area contributed by atoms with Crippen LogP contribution in [0.4, 0.5) is 20.6 Å². The highest BCUT2D eigenvalue weighted by atomic mass is 19.1. The van der Waals surface area contributed by atoms with Crippen molar-refractivity contribution in [2.45, 2.75) is 25.8 Å². The zero-order valence-electron chi connectivity index (χ0n) is 15.0. The molecule has 2 aromatic heterocycles. The fourth-order valence-corrected chi connectivity index (χ4v) is 3.44. The van der Waals surface area contributed by atoms with Gasteiger partial charge in [0.15, 0.2) is 5.65 Å². The summed E-state index contributed by atoms with van der Waals surface area (Å²) in [6.45, 7) is 3.18. The second-order valence-electron chi connectivity index (χ2n) is 6.71. The van der Waals surface area contributed by atoms with Gasteiger partial charge in [0, 0.05) is 19.1 Å². The van der Waals surface area contributed by atoms with Crippen LogP contribution in [0.2, 0.25) is 0 Å².